The van der Waals surface area contributed by atoms with E-state index in [1.54, 1.807) is 0 Å². The van der Waals surface area contributed by atoms with Crippen LogP contribution in [0, 0.1) is 0 Å². The van der Waals surface area contributed by atoms with Gasteiger partial charge in [0.15, 0.2) is 0 Å². The zero-order valence-corrected chi connectivity index (χ0v) is 9.75. The van der Waals surface area contributed by atoms with Crippen LogP contribution in [0.2, 0.25) is 0 Å². The summed E-state index contributed by atoms with van der Waals surface area (Å²) in [5.41, 5.74) is 0.660. The van der Waals surface area contributed by atoms with Crippen molar-refractivity contribution in [3.63, 3.8) is 0 Å². The van der Waals surface area contributed by atoms with Gasteiger partial charge >= 0.3 is 34.3 Å². The fourth-order valence-corrected chi connectivity index (χ4v) is 1.50. The molecule has 0 amide bonds. The Morgan fingerprint density at radius 2 is 1.94 bits per heavy atom. The van der Waals surface area contributed by atoms with Gasteiger partial charge in [0.2, 0.25) is 0 Å². The minimum atomic E-state index is -1.21. The minimum absolute atomic E-state index is 0. The molecule has 0 aliphatic heterocycles. The van der Waals surface area contributed by atoms with E-state index >= 15 is 0 Å². The van der Waals surface area contributed by atoms with E-state index in [9.17, 15) is 9.59 Å². The maximum atomic E-state index is 11.0. The predicted molar refractivity (Wildman–Crippen MR) is 52.2 cm³/mol. The van der Waals surface area contributed by atoms with Crippen LogP contribution < -0.4 is 0 Å². The molecule has 3 N–H and O–H groups in total. The van der Waals surface area contributed by atoms with Crippen LogP contribution in [-0.4, -0.2) is 37.6 Å². The summed E-state index contributed by atoms with van der Waals surface area (Å²) >= 11 is 0. The number of nitrogens with one attached hydrogen (secondary N) is 1. The third kappa shape index (κ3) is 2.52. The number of aromatic nitrogens is 3. The number of carboxylic acids is 2. The topological polar surface area (TPSA) is 116 Å². The molecule has 0 bridgehead atoms. The van der Waals surface area contributed by atoms with Crippen molar-refractivity contribution < 1.29 is 42.2 Å². The number of fused-ring (bicyclic) bond motifs is 1. The SMILES string of the molecule is O=C(O)Cc1ccc2n[nH]nc2c1C(=O)O.[Ag+]. The van der Waals surface area contributed by atoms with Crippen molar-refractivity contribution >= 4 is 23.0 Å². The maximum Gasteiger partial charge on any atom is 1.00 e. The fraction of sp³-hybridized carbons (Fsp3) is 0.111. The van der Waals surface area contributed by atoms with Crippen molar-refractivity contribution in [3.05, 3.63) is 23.3 Å². The first-order valence-electron chi connectivity index (χ1n) is 4.37. The molecular formula is C9H7AgN3O4+. The molecule has 17 heavy (non-hydrogen) atoms. The Morgan fingerprint density at radius 3 is 2.53 bits per heavy atom. The van der Waals surface area contributed by atoms with Crippen molar-refractivity contribution in [1.82, 2.24) is 15.4 Å². The van der Waals surface area contributed by atoms with E-state index in [0.29, 0.717) is 5.52 Å². The molecule has 0 saturated heterocycles. The molecule has 0 atom stereocenters. The number of nitrogens with zero attached hydrogens (tertiary/aromatic N) is 2. The molecule has 0 aliphatic rings. The molecule has 0 radical (unpaired) electrons. The second kappa shape index (κ2) is 5.09. The smallest absolute Gasteiger partial charge is 0.481 e. The Morgan fingerprint density at radius 1 is 1.24 bits per heavy atom. The molecule has 0 aliphatic carbocycles. The zero-order valence-electron chi connectivity index (χ0n) is 8.27. The first-order valence-corrected chi connectivity index (χ1v) is 4.37. The second-order valence-electron chi connectivity index (χ2n) is 3.17. The summed E-state index contributed by atoms with van der Waals surface area (Å²) in [6, 6.07) is 2.96. The summed E-state index contributed by atoms with van der Waals surface area (Å²) in [5, 5.41) is 27.4. The normalized spacial score (nSPS) is 9.88. The number of carboxylic acid groups (broad SMARTS) is 2. The van der Waals surface area contributed by atoms with Gasteiger partial charge in [-0.3, -0.25) is 4.79 Å². The van der Waals surface area contributed by atoms with Crippen molar-refractivity contribution in [3.8, 4) is 0 Å². The van der Waals surface area contributed by atoms with Crippen LogP contribution in [0.25, 0.3) is 11.0 Å². The average Bonchev–Trinajstić information content (AvgIpc) is 2.63. The van der Waals surface area contributed by atoms with E-state index in [0.717, 1.165) is 0 Å². The molecule has 1 aromatic heterocycles. The number of hydrogen-bond acceptors (Lipinski definition) is 4. The van der Waals surface area contributed by atoms with Crippen LogP contribution in [0.3, 0.4) is 0 Å². The fourth-order valence-electron chi connectivity index (χ4n) is 1.50. The maximum absolute atomic E-state index is 11.0. The molecule has 0 saturated carbocycles. The van der Waals surface area contributed by atoms with Crippen LogP contribution in [0.4, 0.5) is 0 Å². The molecule has 2 aromatic rings. The van der Waals surface area contributed by atoms with E-state index < -0.39 is 11.9 Å². The number of aliphatic carboxylic acids is 1. The zero-order chi connectivity index (χ0) is 11.7. The Balaban J connectivity index is 0.00000144. The molecule has 0 fully saturated rings. The first-order chi connectivity index (χ1) is 7.59. The molecule has 1 heterocycles. The van der Waals surface area contributed by atoms with E-state index in [4.69, 9.17) is 10.2 Å². The van der Waals surface area contributed by atoms with Gasteiger partial charge in [0, 0.05) is 0 Å². The van der Waals surface area contributed by atoms with E-state index in [2.05, 4.69) is 15.4 Å². The van der Waals surface area contributed by atoms with Crippen molar-refractivity contribution in [1.29, 1.82) is 0 Å². The second-order valence-corrected chi connectivity index (χ2v) is 3.17. The van der Waals surface area contributed by atoms with Gasteiger partial charge in [-0.15, -0.1) is 0 Å². The van der Waals surface area contributed by atoms with Crippen LogP contribution in [0.15, 0.2) is 12.1 Å². The van der Waals surface area contributed by atoms with Crippen LogP contribution in [-0.2, 0) is 33.6 Å². The quantitative estimate of drug-likeness (QED) is 0.697. The number of benzene rings is 1. The van der Waals surface area contributed by atoms with Crippen molar-refractivity contribution in [2.75, 3.05) is 0 Å². The van der Waals surface area contributed by atoms with Gasteiger partial charge in [-0.1, -0.05) is 6.07 Å². The molecule has 0 spiro atoms. The van der Waals surface area contributed by atoms with Crippen molar-refractivity contribution in [2.24, 2.45) is 0 Å². The van der Waals surface area contributed by atoms with E-state index in [1.165, 1.54) is 12.1 Å². The van der Waals surface area contributed by atoms with Gasteiger partial charge < -0.3 is 10.2 Å². The summed E-state index contributed by atoms with van der Waals surface area (Å²) < 4.78 is 0. The minimum Gasteiger partial charge on any atom is -0.481 e. The number of rotatable bonds is 3. The summed E-state index contributed by atoms with van der Waals surface area (Å²) in [7, 11) is 0. The molecule has 0 unspecified atom stereocenters. The van der Waals surface area contributed by atoms with Crippen molar-refractivity contribution in [2.45, 2.75) is 6.42 Å². The summed E-state index contributed by atoms with van der Waals surface area (Å²) in [6.07, 6.45) is -0.357. The van der Waals surface area contributed by atoms with Crippen LogP contribution >= 0.6 is 0 Å². The van der Waals surface area contributed by atoms with Crippen LogP contribution in [0.5, 0.6) is 0 Å². The van der Waals surface area contributed by atoms with E-state index in [1.807, 2.05) is 0 Å². The van der Waals surface area contributed by atoms with E-state index in [-0.39, 0.29) is 45.4 Å². The number of H-pyrrole nitrogens is 1. The number of carbonyl (C=O) groups is 2. The van der Waals surface area contributed by atoms with Crippen LogP contribution in [0.1, 0.15) is 15.9 Å². The number of hydrogen-bond donors (Lipinski definition) is 3. The van der Waals surface area contributed by atoms with Gasteiger partial charge in [-0.25, -0.2) is 4.79 Å². The summed E-state index contributed by atoms with van der Waals surface area (Å²) in [6.45, 7) is 0. The largest absolute Gasteiger partial charge is 1.00 e. The number of aromatic carboxylic acids is 1. The Hall–Kier alpha value is -1.70. The Kier molecular flexibility index (Phi) is 4.00. The Labute approximate surface area is 110 Å². The van der Waals surface area contributed by atoms with Gasteiger partial charge in [0.25, 0.3) is 0 Å². The predicted octanol–water partition coefficient (Wildman–Crippen LogP) is 0.281. The van der Waals surface area contributed by atoms with Gasteiger partial charge in [-0.2, -0.15) is 15.4 Å². The molecule has 2 rings (SSSR count). The molecule has 7 nitrogen and oxygen atoms in total. The third-order valence-corrected chi connectivity index (χ3v) is 2.13. The molecule has 1 aromatic carbocycles. The standard InChI is InChI=1S/C9H7N3O4.Ag/c13-6(14)3-4-1-2-5-8(11-12-10-5)7(4)9(15)16;/h1-2H,3H2,(H,13,14)(H,15,16)(H,10,11,12);/q;+1. The molecule has 8 heteroatoms. The number of aromatic amines is 1. The summed E-state index contributed by atoms with van der Waals surface area (Å²) in [5.74, 6) is -2.30. The first kappa shape index (κ1) is 13.4. The monoisotopic (exact) mass is 328 g/mol. The van der Waals surface area contributed by atoms with Gasteiger partial charge in [-0.05, 0) is 11.6 Å². The molecule has 92 valence electrons. The molecular weight excluding hydrogens is 322 g/mol. The summed E-state index contributed by atoms with van der Waals surface area (Å²) in [4.78, 5) is 21.6. The van der Waals surface area contributed by atoms with Gasteiger partial charge in [0.1, 0.15) is 11.0 Å². The average molecular weight is 329 g/mol. The van der Waals surface area contributed by atoms with Gasteiger partial charge in [0.05, 0.1) is 12.0 Å². The third-order valence-electron chi connectivity index (χ3n) is 2.13. The Bertz CT molecular complexity index is 581.